The Balaban J connectivity index is 2.16. The Morgan fingerprint density at radius 3 is 2.07 bits per heavy atom. The fourth-order valence-electron chi connectivity index (χ4n) is 2.63. The number of ether oxygens (including phenoxy) is 1. The number of nitrogens with zero attached hydrogens (tertiary/aromatic N) is 1. The molecule has 6 nitrogen and oxygen atoms in total. The Bertz CT molecular complexity index is 811. The van der Waals surface area contributed by atoms with Crippen molar-refractivity contribution in [3.8, 4) is 0 Å². The molecule has 2 aromatic carbocycles. The highest BCUT2D eigenvalue weighted by molar-refractivity contribution is 6.08. The molecule has 0 atom stereocenters. The van der Waals surface area contributed by atoms with Gasteiger partial charge in [0.2, 0.25) is 0 Å². The smallest absolute Gasteiger partial charge is 0.340 e. The Morgan fingerprint density at radius 2 is 1.48 bits per heavy atom. The third-order valence-corrected chi connectivity index (χ3v) is 4.12. The number of para-hydroxylation sites is 1. The number of esters is 1. The van der Waals surface area contributed by atoms with Crippen molar-refractivity contribution in [1.29, 1.82) is 0 Å². The Labute approximate surface area is 159 Å². The van der Waals surface area contributed by atoms with Gasteiger partial charge in [-0.1, -0.05) is 12.1 Å². The molecule has 0 spiro atoms. The van der Waals surface area contributed by atoms with E-state index in [0.29, 0.717) is 35.5 Å². The van der Waals surface area contributed by atoms with Crippen LogP contribution in [0.2, 0.25) is 0 Å². The lowest BCUT2D eigenvalue weighted by Crippen LogP contribution is -2.30. The van der Waals surface area contributed by atoms with Gasteiger partial charge in [-0.05, 0) is 57.2 Å². The zero-order valence-corrected chi connectivity index (χ0v) is 15.8. The third kappa shape index (κ3) is 4.94. The van der Waals surface area contributed by atoms with Crippen LogP contribution in [0.25, 0.3) is 0 Å². The van der Waals surface area contributed by atoms with Crippen molar-refractivity contribution >= 4 is 23.5 Å². The first-order chi connectivity index (χ1) is 13.0. The summed E-state index contributed by atoms with van der Waals surface area (Å²) in [6, 6.07) is 13.1. The summed E-state index contributed by atoms with van der Waals surface area (Å²) in [6.07, 6.45) is 0. The standard InChI is InChI=1S/C21H24N2O4/c1-4-23(5-2)20(25)16-13-11-15(12-14-16)19(24)22-18-10-8-7-9-17(18)21(26)27-6-3/h7-14H,4-6H2,1-3H3,(H,22,24). The zero-order valence-electron chi connectivity index (χ0n) is 15.8. The van der Waals surface area contributed by atoms with Gasteiger partial charge in [-0.15, -0.1) is 0 Å². The molecule has 27 heavy (non-hydrogen) atoms. The highest BCUT2D eigenvalue weighted by Crippen LogP contribution is 2.18. The third-order valence-electron chi connectivity index (χ3n) is 4.12. The van der Waals surface area contributed by atoms with E-state index >= 15 is 0 Å². The Morgan fingerprint density at radius 1 is 0.889 bits per heavy atom. The molecule has 0 saturated carbocycles. The van der Waals surface area contributed by atoms with Crippen LogP contribution in [-0.2, 0) is 4.74 Å². The number of hydrogen-bond acceptors (Lipinski definition) is 4. The van der Waals surface area contributed by atoms with Crippen molar-refractivity contribution in [2.24, 2.45) is 0 Å². The molecular weight excluding hydrogens is 344 g/mol. The molecular formula is C21H24N2O4. The molecule has 0 aromatic heterocycles. The van der Waals surface area contributed by atoms with Crippen molar-refractivity contribution in [3.63, 3.8) is 0 Å². The molecule has 0 radical (unpaired) electrons. The number of anilines is 1. The highest BCUT2D eigenvalue weighted by Gasteiger charge is 2.16. The fourth-order valence-corrected chi connectivity index (χ4v) is 2.63. The van der Waals surface area contributed by atoms with E-state index in [9.17, 15) is 14.4 Å². The van der Waals surface area contributed by atoms with Crippen LogP contribution in [0.15, 0.2) is 48.5 Å². The van der Waals surface area contributed by atoms with E-state index in [0.717, 1.165) is 0 Å². The zero-order chi connectivity index (χ0) is 19.8. The number of benzene rings is 2. The van der Waals surface area contributed by atoms with Crippen LogP contribution in [-0.4, -0.2) is 42.4 Å². The van der Waals surface area contributed by atoms with Crippen molar-refractivity contribution in [1.82, 2.24) is 4.90 Å². The lowest BCUT2D eigenvalue weighted by atomic mass is 10.1. The van der Waals surface area contributed by atoms with E-state index in [2.05, 4.69) is 5.32 Å². The van der Waals surface area contributed by atoms with Crippen molar-refractivity contribution in [3.05, 3.63) is 65.2 Å². The lowest BCUT2D eigenvalue weighted by Gasteiger charge is -2.18. The van der Waals surface area contributed by atoms with Crippen LogP contribution < -0.4 is 5.32 Å². The second-order valence-electron chi connectivity index (χ2n) is 5.77. The van der Waals surface area contributed by atoms with Crippen LogP contribution in [0, 0.1) is 0 Å². The van der Waals surface area contributed by atoms with Gasteiger partial charge in [0.15, 0.2) is 0 Å². The average Bonchev–Trinajstić information content (AvgIpc) is 2.69. The topological polar surface area (TPSA) is 75.7 Å². The van der Waals surface area contributed by atoms with Crippen LogP contribution in [0.1, 0.15) is 51.8 Å². The van der Waals surface area contributed by atoms with Gasteiger partial charge in [-0.25, -0.2) is 4.79 Å². The maximum absolute atomic E-state index is 12.5. The first-order valence-corrected chi connectivity index (χ1v) is 8.98. The Hall–Kier alpha value is -3.15. The van der Waals surface area contributed by atoms with E-state index in [4.69, 9.17) is 4.74 Å². The van der Waals surface area contributed by atoms with Gasteiger partial charge < -0.3 is 15.0 Å². The largest absolute Gasteiger partial charge is 0.462 e. The molecule has 2 rings (SSSR count). The monoisotopic (exact) mass is 368 g/mol. The molecule has 2 aromatic rings. The minimum atomic E-state index is -0.492. The van der Waals surface area contributed by atoms with Gasteiger partial charge >= 0.3 is 5.97 Å². The Kier molecular flexibility index (Phi) is 7.11. The summed E-state index contributed by atoms with van der Waals surface area (Å²) < 4.78 is 5.01. The van der Waals surface area contributed by atoms with E-state index in [1.165, 1.54) is 0 Å². The molecule has 0 aliphatic carbocycles. The van der Waals surface area contributed by atoms with Gasteiger partial charge in [0.05, 0.1) is 17.9 Å². The molecule has 0 fully saturated rings. The van der Waals surface area contributed by atoms with Gasteiger partial charge in [0, 0.05) is 24.2 Å². The molecule has 0 heterocycles. The van der Waals surface area contributed by atoms with Crippen LogP contribution >= 0.6 is 0 Å². The molecule has 0 saturated heterocycles. The average molecular weight is 368 g/mol. The maximum Gasteiger partial charge on any atom is 0.340 e. The summed E-state index contributed by atoms with van der Waals surface area (Å²) in [5.74, 6) is -0.929. The van der Waals surface area contributed by atoms with E-state index in [-0.39, 0.29) is 18.4 Å². The summed E-state index contributed by atoms with van der Waals surface area (Å²) in [7, 11) is 0. The number of carbonyl (C=O) groups is 3. The number of carbonyl (C=O) groups excluding carboxylic acids is 3. The molecule has 0 aliphatic rings. The molecule has 142 valence electrons. The van der Waals surface area contributed by atoms with Crippen LogP contribution in [0.3, 0.4) is 0 Å². The summed E-state index contributed by atoms with van der Waals surface area (Å²) in [5.41, 5.74) is 1.59. The molecule has 1 N–H and O–H groups in total. The SMILES string of the molecule is CCOC(=O)c1ccccc1NC(=O)c1ccc(C(=O)N(CC)CC)cc1. The minimum Gasteiger partial charge on any atom is -0.462 e. The van der Waals surface area contributed by atoms with Gasteiger partial charge in [0.1, 0.15) is 0 Å². The quantitative estimate of drug-likeness (QED) is 0.758. The minimum absolute atomic E-state index is 0.0698. The number of nitrogens with one attached hydrogen (secondary N) is 1. The first-order valence-electron chi connectivity index (χ1n) is 8.98. The molecule has 0 unspecified atom stereocenters. The van der Waals surface area contributed by atoms with Crippen molar-refractivity contribution in [2.45, 2.75) is 20.8 Å². The first kappa shape index (κ1) is 20.2. The second-order valence-corrected chi connectivity index (χ2v) is 5.77. The predicted molar refractivity (Wildman–Crippen MR) is 104 cm³/mol. The normalized spacial score (nSPS) is 10.2. The summed E-state index contributed by atoms with van der Waals surface area (Å²) in [5, 5.41) is 2.72. The lowest BCUT2D eigenvalue weighted by molar-refractivity contribution is 0.0527. The number of hydrogen-bond donors (Lipinski definition) is 1. The van der Waals surface area contributed by atoms with Gasteiger partial charge in [-0.2, -0.15) is 0 Å². The van der Waals surface area contributed by atoms with Gasteiger partial charge in [-0.3, -0.25) is 9.59 Å². The van der Waals surface area contributed by atoms with Crippen molar-refractivity contribution < 1.29 is 19.1 Å². The maximum atomic E-state index is 12.5. The summed E-state index contributed by atoms with van der Waals surface area (Å²) in [6.45, 7) is 7.07. The van der Waals surface area contributed by atoms with Gasteiger partial charge in [0.25, 0.3) is 11.8 Å². The molecule has 0 bridgehead atoms. The van der Waals surface area contributed by atoms with E-state index < -0.39 is 5.97 Å². The molecule has 2 amide bonds. The molecule has 6 heteroatoms. The number of rotatable bonds is 7. The fraction of sp³-hybridized carbons (Fsp3) is 0.286. The highest BCUT2D eigenvalue weighted by atomic mass is 16.5. The molecule has 0 aliphatic heterocycles. The van der Waals surface area contributed by atoms with Crippen LogP contribution in [0.4, 0.5) is 5.69 Å². The van der Waals surface area contributed by atoms with Crippen LogP contribution in [0.5, 0.6) is 0 Å². The predicted octanol–water partition coefficient (Wildman–Crippen LogP) is 3.60. The van der Waals surface area contributed by atoms with E-state index in [1.54, 1.807) is 60.4 Å². The van der Waals surface area contributed by atoms with E-state index in [1.807, 2.05) is 13.8 Å². The summed E-state index contributed by atoms with van der Waals surface area (Å²) >= 11 is 0. The van der Waals surface area contributed by atoms with Crippen molar-refractivity contribution in [2.75, 3.05) is 25.0 Å². The second kappa shape index (κ2) is 9.52. The summed E-state index contributed by atoms with van der Waals surface area (Å²) in [4.78, 5) is 38.6. The number of amides is 2.